The number of hydrogen-bond donors (Lipinski definition) is 4. The molecule has 0 aromatic rings. The fraction of sp³-hybridized carbons (Fsp3) is 0.500. The van der Waals surface area contributed by atoms with Crippen LogP contribution in [0.1, 0.15) is 12.8 Å². The van der Waals surface area contributed by atoms with Crippen LogP contribution in [0.5, 0.6) is 0 Å². The molecule has 0 bridgehead atoms. The van der Waals surface area contributed by atoms with Crippen LogP contribution < -0.4 is 0 Å². The Balaban J connectivity index is -0.000000720. The third-order valence-electron chi connectivity index (χ3n) is 1.29. The first-order valence-corrected chi connectivity index (χ1v) is 3.17. The Morgan fingerprint density at radius 3 is 1.27 bits per heavy atom. The molecule has 0 radical (unpaired) electrons. The molecule has 0 saturated heterocycles. The van der Waals surface area contributed by atoms with Crippen LogP contribution in [0.25, 0.3) is 0 Å². The summed E-state index contributed by atoms with van der Waals surface area (Å²) >= 11 is 0. The van der Waals surface area contributed by atoms with E-state index in [2.05, 4.69) is 0 Å². The molecule has 4 N–H and O–H groups in total. The van der Waals surface area contributed by atoms with Gasteiger partial charge in [0.05, 0.1) is 12.8 Å². The van der Waals surface area contributed by atoms with Gasteiger partial charge in [-0.3, -0.25) is 9.59 Å². The van der Waals surface area contributed by atoms with E-state index in [4.69, 9.17) is 20.4 Å². The molecule has 0 saturated carbocycles. The van der Waals surface area contributed by atoms with Gasteiger partial charge in [-0.15, -0.1) is 0 Å². The number of aliphatic hydroxyl groups is 1. The zero-order valence-electron chi connectivity index (χ0n) is 6.43. The normalized spacial score (nSPS) is 9.40. The summed E-state index contributed by atoms with van der Waals surface area (Å²) in [6.45, 7) is 0. The number of carboxylic acids is 3. The van der Waals surface area contributed by atoms with Crippen LogP contribution in [-0.4, -0.2) is 81.7 Å². The molecule has 7 nitrogen and oxygen atoms in total. The maximum absolute atomic E-state index is 10.3. The van der Waals surface area contributed by atoms with Crippen molar-refractivity contribution < 1.29 is 34.8 Å². The van der Waals surface area contributed by atoms with Crippen LogP contribution >= 0.6 is 0 Å². The Morgan fingerprint density at radius 2 is 1.13 bits per heavy atom. The Bertz CT molecular complexity index is 236. The molecule has 0 aliphatic heterocycles. The van der Waals surface area contributed by atoms with Crippen LogP contribution in [0.15, 0.2) is 0 Å². The zero-order valence-corrected chi connectivity index (χ0v) is 6.43. The van der Waals surface area contributed by atoms with Crippen molar-refractivity contribution in [1.29, 1.82) is 0 Å². The predicted octanol–water partition coefficient (Wildman–Crippen LogP) is -2.55. The van der Waals surface area contributed by atoms with Crippen LogP contribution in [0, 0.1) is 0 Å². The van der Waals surface area contributed by atoms with Crippen molar-refractivity contribution in [2.24, 2.45) is 0 Å². The van der Waals surface area contributed by atoms with Gasteiger partial charge in [-0.25, -0.2) is 4.79 Å². The number of carboxylic acid groups (broad SMARTS) is 3. The van der Waals surface area contributed by atoms with Gasteiger partial charge >= 0.3 is 55.6 Å². The van der Waals surface area contributed by atoms with E-state index in [9.17, 15) is 14.4 Å². The first-order chi connectivity index (χ1) is 5.78. The summed E-state index contributed by atoms with van der Waals surface area (Å²) in [6.07, 6.45) is -2.29. The number of aliphatic carboxylic acids is 3. The minimum absolute atomic E-state index is 0. The van der Waals surface area contributed by atoms with Crippen molar-refractivity contribution >= 4 is 55.6 Å². The van der Waals surface area contributed by atoms with Gasteiger partial charge in [-0.1, -0.05) is 0 Å². The first-order valence-electron chi connectivity index (χ1n) is 3.17. The van der Waals surface area contributed by atoms with Gasteiger partial charge in [0.15, 0.2) is 5.60 Å². The van der Waals surface area contributed by atoms with Gasteiger partial charge in [0.1, 0.15) is 0 Å². The van der Waals surface area contributed by atoms with Gasteiger partial charge in [0, 0.05) is 0 Å². The zero-order chi connectivity index (χ0) is 10.6. The molecular weight excluding hydrogens is 198 g/mol. The second-order valence-corrected chi connectivity index (χ2v) is 2.48. The van der Waals surface area contributed by atoms with Gasteiger partial charge in [0.2, 0.25) is 0 Å². The summed E-state index contributed by atoms with van der Waals surface area (Å²) in [4.78, 5) is 30.5. The van der Waals surface area contributed by atoms with Crippen molar-refractivity contribution in [3.63, 3.8) is 0 Å². The second kappa shape index (κ2) is 7.80. The van der Waals surface area contributed by atoms with Crippen molar-refractivity contribution in [2.75, 3.05) is 0 Å². The third kappa shape index (κ3) is 7.49. The van der Waals surface area contributed by atoms with E-state index in [0.29, 0.717) is 0 Å². The molecule has 0 aromatic heterocycles. The summed E-state index contributed by atoms with van der Waals surface area (Å²) in [5, 5.41) is 33.8. The molecule has 15 heavy (non-hydrogen) atoms. The molecule has 78 valence electrons. The fourth-order valence-electron chi connectivity index (χ4n) is 0.714. The quantitative estimate of drug-likeness (QED) is 0.365. The van der Waals surface area contributed by atoms with E-state index >= 15 is 0 Å². The van der Waals surface area contributed by atoms with E-state index in [1.54, 1.807) is 0 Å². The Hall–Kier alpha value is -0.435. The molecule has 0 aliphatic carbocycles. The van der Waals surface area contributed by atoms with Gasteiger partial charge in [0.25, 0.3) is 0 Å². The number of hydrogen-bond acceptors (Lipinski definition) is 4. The van der Waals surface area contributed by atoms with E-state index in [1.807, 2.05) is 0 Å². The molecule has 0 amide bonds. The Labute approximate surface area is 109 Å². The SMILES string of the molecule is O=C(O)CC(O)(CC(=O)O)C(=O)O.[LiH].[LiH]. The van der Waals surface area contributed by atoms with Crippen molar-refractivity contribution in [3.8, 4) is 0 Å². The molecule has 0 spiro atoms. The predicted molar refractivity (Wildman–Crippen MR) is 51.4 cm³/mol. The van der Waals surface area contributed by atoms with Crippen LogP contribution in [0.2, 0.25) is 0 Å². The van der Waals surface area contributed by atoms with Gasteiger partial charge in [-0.2, -0.15) is 0 Å². The fourth-order valence-corrected chi connectivity index (χ4v) is 0.714. The monoisotopic (exact) mass is 208 g/mol. The molecular formula is C6H10Li2O7. The second-order valence-electron chi connectivity index (χ2n) is 2.48. The summed E-state index contributed by atoms with van der Waals surface area (Å²) in [5.41, 5.74) is -2.74. The molecule has 0 rings (SSSR count). The average Bonchev–Trinajstić information content (AvgIpc) is 1.82. The molecule has 0 heterocycles. The summed E-state index contributed by atoms with van der Waals surface area (Å²) in [6, 6.07) is 0. The molecule has 0 aliphatic rings. The Morgan fingerprint density at radius 1 is 0.867 bits per heavy atom. The van der Waals surface area contributed by atoms with Gasteiger partial charge in [-0.05, 0) is 0 Å². The van der Waals surface area contributed by atoms with E-state index in [1.165, 1.54) is 0 Å². The standard InChI is InChI=1S/C6H8O7.2Li.2H/c7-3(8)1-6(13,5(11)12)2-4(9)10;;;;/h13H,1-2H2,(H,7,8)(H,9,10)(H,11,12);;;;. The Kier molecular flexibility index (Phi) is 10.4. The van der Waals surface area contributed by atoms with Crippen LogP contribution in [0.4, 0.5) is 0 Å². The third-order valence-corrected chi connectivity index (χ3v) is 1.29. The molecule has 0 unspecified atom stereocenters. The van der Waals surface area contributed by atoms with E-state index in [0.717, 1.165) is 0 Å². The maximum atomic E-state index is 10.3. The van der Waals surface area contributed by atoms with Crippen molar-refractivity contribution in [3.05, 3.63) is 0 Å². The van der Waals surface area contributed by atoms with Crippen LogP contribution in [0.3, 0.4) is 0 Å². The van der Waals surface area contributed by atoms with Crippen LogP contribution in [-0.2, 0) is 14.4 Å². The molecule has 0 fully saturated rings. The number of carbonyl (C=O) groups is 3. The minimum atomic E-state index is -2.74. The van der Waals surface area contributed by atoms with Crippen molar-refractivity contribution in [1.82, 2.24) is 0 Å². The van der Waals surface area contributed by atoms with E-state index in [-0.39, 0.29) is 37.7 Å². The summed E-state index contributed by atoms with van der Waals surface area (Å²) in [5.74, 6) is -5.02. The molecule has 0 aromatic carbocycles. The first kappa shape index (κ1) is 20.0. The summed E-state index contributed by atoms with van der Waals surface area (Å²) in [7, 11) is 0. The molecule has 9 heteroatoms. The molecule has 0 atom stereocenters. The topological polar surface area (TPSA) is 132 Å². The summed E-state index contributed by atoms with van der Waals surface area (Å²) < 4.78 is 0. The van der Waals surface area contributed by atoms with Gasteiger partial charge < -0.3 is 20.4 Å². The van der Waals surface area contributed by atoms with E-state index < -0.39 is 36.4 Å². The number of rotatable bonds is 5. The average molecular weight is 208 g/mol. The van der Waals surface area contributed by atoms with Crippen molar-refractivity contribution in [2.45, 2.75) is 18.4 Å².